The number of hydrogen-bond acceptors (Lipinski definition) is 5. The van der Waals surface area contributed by atoms with Crippen LogP contribution < -0.4 is 10.5 Å². The van der Waals surface area contributed by atoms with Crippen molar-refractivity contribution >= 4 is 5.84 Å². The van der Waals surface area contributed by atoms with E-state index in [0.717, 1.165) is 6.42 Å². The fourth-order valence-corrected chi connectivity index (χ4v) is 0.927. The standard InChI is InChI=1S/C9H14N4O2/c1-14-5-2-6-15-9-12-4-3-7(13-9)8(10)11/h3-4H,2,5-6H2,1H3,(H3,10,11). The summed E-state index contributed by atoms with van der Waals surface area (Å²) in [6.45, 7) is 1.11. The molecule has 1 aromatic heterocycles. The Morgan fingerprint density at radius 2 is 2.33 bits per heavy atom. The summed E-state index contributed by atoms with van der Waals surface area (Å²) in [7, 11) is 1.63. The van der Waals surface area contributed by atoms with Crippen LogP contribution in [0, 0.1) is 5.41 Å². The van der Waals surface area contributed by atoms with Crippen molar-refractivity contribution in [1.29, 1.82) is 5.41 Å². The number of aromatic nitrogens is 2. The molecule has 0 bridgehead atoms. The van der Waals surface area contributed by atoms with Crippen molar-refractivity contribution in [2.45, 2.75) is 6.42 Å². The van der Waals surface area contributed by atoms with Crippen LogP contribution in [0.2, 0.25) is 0 Å². The molecule has 0 radical (unpaired) electrons. The molecule has 0 saturated carbocycles. The molecule has 0 fully saturated rings. The fourth-order valence-electron chi connectivity index (χ4n) is 0.927. The fraction of sp³-hybridized carbons (Fsp3) is 0.444. The maximum absolute atomic E-state index is 7.19. The smallest absolute Gasteiger partial charge is 0.316 e. The number of amidine groups is 1. The molecule has 6 heteroatoms. The molecule has 0 unspecified atom stereocenters. The molecule has 1 heterocycles. The Morgan fingerprint density at radius 1 is 1.53 bits per heavy atom. The van der Waals surface area contributed by atoms with Crippen LogP contribution in [0.5, 0.6) is 6.01 Å². The lowest BCUT2D eigenvalue weighted by molar-refractivity contribution is 0.168. The molecule has 6 nitrogen and oxygen atoms in total. The largest absolute Gasteiger partial charge is 0.463 e. The van der Waals surface area contributed by atoms with Crippen LogP contribution >= 0.6 is 0 Å². The Bertz CT molecular complexity index is 330. The summed E-state index contributed by atoms with van der Waals surface area (Å²) in [5.41, 5.74) is 5.64. The van der Waals surface area contributed by atoms with E-state index in [1.807, 2.05) is 0 Å². The molecule has 0 aromatic carbocycles. The maximum atomic E-state index is 7.19. The minimum Gasteiger partial charge on any atom is -0.463 e. The summed E-state index contributed by atoms with van der Waals surface area (Å²) in [6, 6.07) is 1.79. The van der Waals surface area contributed by atoms with Crippen molar-refractivity contribution in [3.8, 4) is 6.01 Å². The van der Waals surface area contributed by atoms with Gasteiger partial charge in [0.15, 0.2) is 0 Å². The average molecular weight is 210 g/mol. The zero-order valence-corrected chi connectivity index (χ0v) is 8.56. The van der Waals surface area contributed by atoms with Crippen LogP contribution in [0.15, 0.2) is 12.3 Å². The van der Waals surface area contributed by atoms with Gasteiger partial charge < -0.3 is 15.2 Å². The lowest BCUT2D eigenvalue weighted by Crippen LogP contribution is -2.14. The van der Waals surface area contributed by atoms with Crippen LogP contribution in [0.3, 0.4) is 0 Å². The van der Waals surface area contributed by atoms with E-state index in [1.54, 1.807) is 13.2 Å². The van der Waals surface area contributed by atoms with E-state index < -0.39 is 0 Å². The van der Waals surface area contributed by atoms with E-state index in [2.05, 4.69) is 9.97 Å². The van der Waals surface area contributed by atoms with E-state index in [1.165, 1.54) is 6.20 Å². The van der Waals surface area contributed by atoms with E-state index in [-0.39, 0.29) is 11.8 Å². The first kappa shape index (κ1) is 11.4. The van der Waals surface area contributed by atoms with E-state index >= 15 is 0 Å². The Morgan fingerprint density at radius 3 is 3.00 bits per heavy atom. The number of nitrogens with two attached hydrogens (primary N) is 1. The number of nitrogens with zero attached hydrogens (tertiary/aromatic N) is 2. The normalized spacial score (nSPS) is 9.93. The quantitative estimate of drug-likeness (QED) is 0.396. The van der Waals surface area contributed by atoms with Gasteiger partial charge in [-0.25, -0.2) is 4.98 Å². The second-order valence-corrected chi connectivity index (χ2v) is 2.83. The highest BCUT2D eigenvalue weighted by molar-refractivity contribution is 5.92. The van der Waals surface area contributed by atoms with Crippen molar-refractivity contribution in [2.24, 2.45) is 5.73 Å². The first-order valence-corrected chi connectivity index (χ1v) is 4.53. The van der Waals surface area contributed by atoms with Crippen molar-refractivity contribution in [3.63, 3.8) is 0 Å². The molecule has 0 aliphatic rings. The highest BCUT2D eigenvalue weighted by atomic mass is 16.5. The number of ether oxygens (including phenoxy) is 2. The highest BCUT2D eigenvalue weighted by Crippen LogP contribution is 2.02. The molecular weight excluding hydrogens is 196 g/mol. The van der Waals surface area contributed by atoms with E-state index in [9.17, 15) is 0 Å². The number of hydrogen-bond donors (Lipinski definition) is 2. The Balaban J connectivity index is 2.47. The molecule has 1 rings (SSSR count). The molecule has 0 spiro atoms. The number of nitrogens with one attached hydrogen (secondary N) is 1. The summed E-state index contributed by atoms with van der Waals surface area (Å²) < 4.78 is 10.1. The van der Waals surface area contributed by atoms with Crippen LogP contribution in [-0.2, 0) is 4.74 Å². The SMILES string of the molecule is COCCCOc1nccc(C(=N)N)n1. The van der Waals surface area contributed by atoms with Gasteiger partial charge in [0, 0.05) is 26.3 Å². The predicted octanol–water partition coefficient (Wildman–Crippen LogP) is 0.176. The molecule has 0 saturated heterocycles. The van der Waals surface area contributed by atoms with Crippen molar-refractivity contribution < 1.29 is 9.47 Å². The van der Waals surface area contributed by atoms with Gasteiger partial charge in [0.1, 0.15) is 11.5 Å². The van der Waals surface area contributed by atoms with Crippen LogP contribution in [0.4, 0.5) is 0 Å². The summed E-state index contributed by atoms with van der Waals surface area (Å²) in [5, 5.41) is 7.19. The molecule has 0 atom stereocenters. The first-order valence-electron chi connectivity index (χ1n) is 4.53. The van der Waals surface area contributed by atoms with Crippen molar-refractivity contribution in [2.75, 3.05) is 20.3 Å². The molecule has 3 N–H and O–H groups in total. The second kappa shape index (κ2) is 5.92. The average Bonchev–Trinajstić information content (AvgIpc) is 2.25. The summed E-state index contributed by atoms with van der Waals surface area (Å²) in [5.74, 6) is -0.0980. The zero-order valence-electron chi connectivity index (χ0n) is 8.56. The third-order valence-corrected chi connectivity index (χ3v) is 1.63. The maximum Gasteiger partial charge on any atom is 0.316 e. The van der Waals surface area contributed by atoms with Gasteiger partial charge in [-0.15, -0.1) is 0 Å². The lowest BCUT2D eigenvalue weighted by Gasteiger charge is -2.04. The molecule has 82 valence electrons. The molecule has 0 amide bonds. The third-order valence-electron chi connectivity index (χ3n) is 1.63. The van der Waals surface area contributed by atoms with E-state index in [4.69, 9.17) is 20.6 Å². The van der Waals surface area contributed by atoms with Crippen molar-refractivity contribution in [1.82, 2.24) is 9.97 Å². The first-order chi connectivity index (χ1) is 7.24. The van der Waals surface area contributed by atoms with Crippen LogP contribution in [0.1, 0.15) is 12.1 Å². The summed E-state index contributed by atoms with van der Waals surface area (Å²) >= 11 is 0. The van der Waals surface area contributed by atoms with E-state index in [0.29, 0.717) is 18.9 Å². The third kappa shape index (κ3) is 3.90. The number of nitrogen functional groups attached to an aromatic ring is 1. The number of methoxy groups -OCH3 is 1. The Labute approximate surface area is 87.9 Å². The second-order valence-electron chi connectivity index (χ2n) is 2.83. The monoisotopic (exact) mass is 210 g/mol. The number of rotatable bonds is 6. The van der Waals surface area contributed by atoms with Crippen LogP contribution in [0.25, 0.3) is 0 Å². The van der Waals surface area contributed by atoms with Gasteiger partial charge in [0.25, 0.3) is 0 Å². The van der Waals surface area contributed by atoms with Gasteiger partial charge in [-0.2, -0.15) is 4.98 Å². The van der Waals surface area contributed by atoms with Gasteiger partial charge in [0.05, 0.1) is 6.61 Å². The minimum atomic E-state index is -0.0980. The van der Waals surface area contributed by atoms with Gasteiger partial charge in [-0.05, 0) is 6.07 Å². The Kier molecular flexibility index (Phi) is 4.49. The topological polar surface area (TPSA) is 94.1 Å². The molecule has 0 aliphatic carbocycles. The molecule has 15 heavy (non-hydrogen) atoms. The van der Waals surface area contributed by atoms with Gasteiger partial charge in [-0.3, -0.25) is 5.41 Å². The highest BCUT2D eigenvalue weighted by Gasteiger charge is 2.01. The van der Waals surface area contributed by atoms with Crippen LogP contribution in [-0.4, -0.2) is 36.1 Å². The molecular formula is C9H14N4O2. The van der Waals surface area contributed by atoms with Gasteiger partial charge in [-0.1, -0.05) is 0 Å². The van der Waals surface area contributed by atoms with Gasteiger partial charge >= 0.3 is 6.01 Å². The Hall–Kier alpha value is -1.69. The minimum absolute atomic E-state index is 0.0980. The molecule has 1 aromatic rings. The summed E-state index contributed by atoms with van der Waals surface area (Å²) in [6.07, 6.45) is 2.28. The molecule has 0 aliphatic heterocycles. The summed E-state index contributed by atoms with van der Waals surface area (Å²) in [4.78, 5) is 7.84. The predicted molar refractivity (Wildman–Crippen MR) is 55.0 cm³/mol. The van der Waals surface area contributed by atoms with Gasteiger partial charge in [0.2, 0.25) is 0 Å². The zero-order chi connectivity index (χ0) is 11.1. The lowest BCUT2D eigenvalue weighted by atomic mass is 10.4. The van der Waals surface area contributed by atoms with Crippen molar-refractivity contribution in [3.05, 3.63) is 18.0 Å².